The van der Waals surface area contributed by atoms with E-state index in [-0.39, 0.29) is 6.03 Å². The topological polar surface area (TPSA) is 63.2 Å². The summed E-state index contributed by atoms with van der Waals surface area (Å²) in [6, 6.07) is 7.17. The van der Waals surface area contributed by atoms with E-state index in [9.17, 15) is 4.79 Å². The lowest BCUT2D eigenvalue weighted by Crippen LogP contribution is -2.28. The summed E-state index contributed by atoms with van der Waals surface area (Å²) >= 11 is 3.40. The smallest absolute Gasteiger partial charge is 0.319 e. The van der Waals surface area contributed by atoms with Gasteiger partial charge in [-0.2, -0.15) is 0 Å². The van der Waals surface area contributed by atoms with E-state index >= 15 is 0 Å². The molecule has 21 heavy (non-hydrogen) atoms. The maximum absolute atomic E-state index is 12.0. The third-order valence-corrected chi connectivity index (χ3v) is 3.36. The molecule has 2 aromatic rings. The number of benzene rings is 1. The van der Waals surface area contributed by atoms with Crippen molar-refractivity contribution >= 4 is 27.6 Å². The summed E-state index contributed by atoms with van der Waals surface area (Å²) < 4.78 is 6.19. The summed E-state index contributed by atoms with van der Waals surface area (Å²) in [7, 11) is 1.57. The standard InChI is InChI=1S/C15H16BrN3O2/c1-10-6-12(16)7-13(21-2)14(10)19-15(20)18-9-11-4-3-5-17-8-11/h3-8H,9H2,1-2H3,(H2,18,19,20). The number of ether oxygens (including phenoxy) is 1. The Morgan fingerprint density at radius 1 is 1.43 bits per heavy atom. The van der Waals surface area contributed by atoms with Gasteiger partial charge in [0.05, 0.1) is 12.8 Å². The predicted molar refractivity (Wildman–Crippen MR) is 85.5 cm³/mol. The van der Waals surface area contributed by atoms with Crippen LogP contribution in [0.15, 0.2) is 41.1 Å². The van der Waals surface area contributed by atoms with Gasteiger partial charge in [0.2, 0.25) is 0 Å². The van der Waals surface area contributed by atoms with Crippen LogP contribution in [0.5, 0.6) is 5.75 Å². The molecule has 0 radical (unpaired) electrons. The maximum atomic E-state index is 12.0. The van der Waals surface area contributed by atoms with Crippen molar-refractivity contribution in [1.82, 2.24) is 10.3 Å². The molecule has 2 N–H and O–H groups in total. The van der Waals surface area contributed by atoms with Crippen molar-refractivity contribution in [2.75, 3.05) is 12.4 Å². The zero-order chi connectivity index (χ0) is 15.2. The van der Waals surface area contributed by atoms with Gasteiger partial charge in [-0.3, -0.25) is 4.98 Å². The van der Waals surface area contributed by atoms with Crippen LogP contribution in [0.1, 0.15) is 11.1 Å². The van der Waals surface area contributed by atoms with E-state index < -0.39 is 0 Å². The van der Waals surface area contributed by atoms with E-state index in [0.29, 0.717) is 18.0 Å². The first-order valence-electron chi connectivity index (χ1n) is 6.38. The third kappa shape index (κ3) is 4.19. The van der Waals surface area contributed by atoms with E-state index in [1.165, 1.54) is 0 Å². The highest BCUT2D eigenvalue weighted by molar-refractivity contribution is 9.10. The molecule has 1 aromatic carbocycles. The quantitative estimate of drug-likeness (QED) is 0.887. The molecule has 6 heteroatoms. The summed E-state index contributed by atoms with van der Waals surface area (Å²) in [6.45, 7) is 2.32. The third-order valence-electron chi connectivity index (χ3n) is 2.90. The maximum Gasteiger partial charge on any atom is 0.319 e. The van der Waals surface area contributed by atoms with Crippen LogP contribution in [0.25, 0.3) is 0 Å². The van der Waals surface area contributed by atoms with Crippen molar-refractivity contribution in [3.05, 3.63) is 52.3 Å². The molecular formula is C15H16BrN3O2. The molecule has 0 saturated heterocycles. The Labute approximate surface area is 131 Å². The number of rotatable bonds is 4. The number of amides is 2. The van der Waals surface area contributed by atoms with Crippen LogP contribution >= 0.6 is 15.9 Å². The highest BCUT2D eigenvalue weighted by atomic mass is 79.9. The molecule has 0 aliphatic carbocycles. The van der Waals surface area contributed by atoms with Gasteiger partial charge in [-0.05, 0) is 36.2 Å². The second kappa shape index (κ2) is 7.08. The lowest BCUT2D eigenvalue weighted by Gasteiger charge is -2.14. The number of aromatic nitrogens is 1. The monoisotopic (exact) mass is 349 g/mol. The fraction of sp³-hybridized carbons (Fsp3) is 0.200. The molecule has 2 rings (SSSR count). The van der Waals surface area contributed by atoms with Gasteiger partial charge in [0.1, 0.15) is 5.75 Å². The van der Waals surface area contributed by atoms with Crippen LogP contribution < -0.4 is 15.4 Å². The van der Waals surface area contributed by atoms with Gasteiger partial charge in [-0.1, -0.05) is 22.0 Å². The second-order valence-corrected chi connectivity index (χ2v) is 5.38. The Kier molecular flexibility index (Phi) is 5.16. The van der Waals surface area contributed by atoms with E-state index in [0.717, 1.165) is 15.6 Å². The summed E-state index contributed by atoms with van der Waals surface area (Å²) in [5.41, 5.74) is 2.51. The minimum absolute atomic E-state index is 0.289. The zero-order valence-electron chi connectivity index (χ0n) is 11.8. The van der Waals surface area contributed by atoms with E-state index in [2.05, 4.69) is 31.5 Å². The zero-order valence-corrected chi connectivity index (χ0v) is 13.4. The van der Waals surface area contributed by atoms with Crippen LogP contribution in [-0.4, -0.2) is 18.1 Å². The number of urea groups is 1. The minimum atomic E-state index is -0.289. The average molecular weight is 350 g/mol. The van der Waals surface area contributed by atoms with Crippen molar-refractivity contribution in [3.63, 3.8) is 0 Å². The van der Waals surface area contributed by atoms with Gasteiger partial charge in [0.15, 0.2) is 0 Å². The summed E-state index contributed by atoms with van der Waals surface area (Å²) in [4.78, 5) is 16.0. The van der Waals surface area contributed by atoms with Crippen molar-refractivity contribution in [2.45, 2.75) is 13.5 Å². The first-order valence-corrected chi connectivity index (χ1v) is 7.17. The van der Waals surface area contributed by atoms with Crippen LogP contribution in [0.2, 0.25) is 0 Å². The van der Waals surface area contributed by atoms with Gasteiger partial charge >= 0.3 is 6.03 Å². The number of halogens is 1. The minimum Gasteiger partial charge on any atom is -0.495 e. The van der Waals surface area contributed by atoms with Gasteiger partial charge in [0.25, 0.3) is 0 Å². The summed E-state index contributed by atoms with van der Waals surface area (Å²) in [6.07, 6.45) is 3.41. The molecule has 110 valence electrons. The molecule has 0 spiro atoms. The SMILES string of the molecule is COc1cc(Br)cc(C)c1NC(=O)NCc1cccnc1. The van der Waals surface area contributed by atoms with E-state index in [1.54, 1.807) is 19.5 Å². The van der Waals surface area contributed by atoms with Crippen molar-refractivity contribution in [3.8, 4) is 5.75 Å². The van der Waals surface area contributed by atoms with Gasteiger partial charge in [-0.25, -0.2) is 4.79 Å². The number of nitrogens with one attached hydrogen (secondary N) is 2. The molecule has 0 aliphatic heterocycles. The Morgan fingerprint density at radius 2 is 2.24 bits per heavy atom. The van der Waals surface area contributed by atoms with Crippen molar-refractivity contribution < 1.29 is 9.53 Å². The second-order valence-electron chi connectivity index (χ2n) is 4.47. The molecule has 0 fully saturated rings. The fourth-order valence-corrected chi connectivity index (χ4v) is 2.43. The normalized spacial score (nSPS) is 10.0. The van der Waals surface area contributed by atoms with Crippen LogP contribution in [0.4, 0.5) is 10.5 Å². The van der Waals surface area contributed by atoms with Crippen molar-refractivity contribution in [2.24, 2.45) is 0 Å². The molecule has 0 aliphatic rings. The van der Waals surface area contributed by atoms with Crippen molar-refractivity contribution in [1.29, 1.82) is 0 Å². The molecule has 1 heterocycles. The number of hydrogen-bond donors (Lipinski definition) is 2. The first kappa shape index (κ1) is 15.3. The number of carbonyl (C=O) groups excluding carboxylic acids is 1. The number of anilines is 1. The molecule has 1 aromatic heterocycles. The number of methoxy groups -OCH3 is 1. The molecular weight excluding hydrogens is 334 g/mol. The summed E-state index contributed by atoms with van der Waals surface area (Å²) in [5.74, 6) is 0.610. The number of aryl methyl sites for hydroxylation is 1. The highest BCUT2D eigenvalue weighted by Gasteiger charge is 2.11. The molecule has 0 unspecified atom stereocenters. The van der Waals surface area contributed by atoms with E-state index in [4.69, 9.17) is 4.74 Å². The molecule has 0 saturated carbocycles. The largest absolute Gasteiger partial charge is 0.495 e. The number of pyridine rings is 1. The first-order chi connectivity index (χ1) is 10.1. The van der Waals surface area contributed by atoms with Gasteiger partial charge in [0, 0.05) is 23.4 Å². The van der Waals surface area contributed by atoms with Gasteiger partial charge < -0.3 is 15.4 Å². The average Bonchev–Trinajstić information content (AvgIpc) is 2.48. The highest BCUT2D eigenvalue weighted by Crippen LogP contribution is 2.31. The predicted octanol–water partition coefficient (Wildman–Crippen LogP) is 3.48. The lowest BCUT2D eigenvalue weighted by atomic mass is 10.2. The van der Waals surface area contributed by atoms with Crippen LogP contribution in [0.3, 0.4) is 0 Å². The molecule has 0 atom stereocenters. The number of carbonyl (C=O) groups is 1. The molecule has 0 bridgehead atoms. The fourth-order valence-electron chi connectivity index (χ4n) is 1.88. The Balaban J connectivity index is 2.03. The summed E-state index contributed by atoms with van der Waals surface area (Å²) in [5, 5.41) is 5.59. The van der Waals surface area contributed by atoms with E-state index in [1.807, 2.05) is 31.2 Å². The number of hydrogen-bond acceptors (Lipinski definition) is 3. The van der Waals surface area contributed by atoms with Crippen LogP contribution in [0, 0.1) is 6.92 Å². The molecule has 2 amide bonds. The van der Waals surface area contributed by atoms with Gasteiger partial charge in [-0.15, -0.1) is 0 Å². The Bertz CT molecular complexity index is 632. The lowest BCUT2D eigenvalue weighted by molar-refractivity contribution is 0.251. The Morgan fingerprint density at radius 3 is 2.90 bits per heavy atom. The van der Waals surface area contributed by atoms with Crippen LogP contribution in [-0.2, 0) is 6.54 Å². The number of nitrogens with zero attached hydrogens (tertiary/aromatic N) is 1. The molecule has 5 nitrogen and oxygen atoms in total. The Hall–Kier alpha value is -2.08.